The second-order valence-electron chi connectivity index (χ2n) is 7.18. The van der Waals surface area contributed by atoms with Crippen molar-refractivity contribution in [2.45, 2.75) is 38.6 Å². The van der Waals surface area contributed by atoms with Crippen molar-refractivity contribution < 1.29 is 9.59 Å². The fourth-order valence-corrected chi connectivity index (χ4v) is 3.26. The van der Waals surface area contributed by atoms with Crippen LogP contribution in [0.2, 0.25) is 0 Å². The average molecular weight is 357 g/mol. The molecule has 2 fully saturated rings. The van der Waals surface area contributed by atoms with Crippen LogP contribution in [0.3, 0.4) is 0 Å². The van der Waals surface area contributed by atoms with Crippen LogP contribution in [0.25, 0.3) is 5.65 Å². The van der Waals surface area contributed by atoms with E-state index in [0.717, 1.165) is 30.1 Å². The van der Waals surface area contributed by atoms with Crippen molar-refractivity contribution in [3.8, 4) is 0 Å². The Hall–Kier alpha value is -2.71. The van der Waals surface area contributed by atoms with Gasteiger partial charge in [-0.05, 0) is 26.7 Å². The Bertz CT molecular complexity index is 835. The minimum atomic E-state index is -0.541. The van der Waals surface area contributed by atoms with E-state index in [4.69, 9.17) is 0 Å². The van der Waals surface area contributed by atoms with E-state index < -0.39 is 11.8 Å². The third-order valence-corrected chi connectivity index (χ3v) is 4.76. The Morgan fingerprint density at radius 1 is 1.15 bits per heavy atom. The predicted molar refractivity (Wildman–Crippen MR) is 94.8 cm³/mol. The van der Waals surface area contributed by atoms with Gasteiger partial charge in [0.2, 0.25) is 5.65 Å². The number of nitrogens with zero attached hydrogens (tertiary/aromatic N) is 6. The third-order valence-electron chi connectivity index (χ3n) is 4.76. The first-order chi connectivity index (χ1) is 12.5. The molecule has 1 aliphatic carbocycles. The fraction of sp³-hybridized carbons (Fsp3) is 0.588. The predicted octanol–water partition coefficient (Wildman–Crippen LogP) is 0.175. The van der Waals surface area contributed by atoms with Crippen LogP contribution in [0.4, 0.5) is 5.82 Å². The molecule has 2 aromatic rings. The number of hydrogen-bond acceptors (Lipinski definition) is 6. The minimum Gasteiger partial charge on any atom is -0.350 e. The fourth-order valence-electron chi connectivity index (χ4n) is 3.26. The van der Waals surface area contributed by atoms with Crippen LogP contribution >= 0.6 is 0 Å². The smallest absolute Gasteiger partial charge is 0.312 e. The molecule has 138 valence electrons. The molecule has 1 aliphatic heterocycles. The highest BCUT2D eigenvalue weighted by molar-refractivity contribution is 6.35. The Labute approximate surface area is 151 Å². The number of carbonyl (C=O) groups is 2. The van der Waals surface area contributed by atoms with Crippen molar-refractivity contribution in [2.24, 2.45) is 0 Å². The molecule has 0 aromatic carbocycles. The Kier molecular flexibility index (Phi) is 4.21. The molecule has 1 saturated carbocycles. The molecule has 3 heterocycles. The van der Waals surface area contributed by atoms with Crippen LogP contribution in [-0.2, 0) is 9.59 Å². The van der Waals surface area contributed by atoms with Crippen LogP contribution in [0.5, 0.6) is 0 Å². The maximum Gasteiger partial charge on any atom is 0.312 e. The van der Waals surface area contributed by atoms with E-state index >= 15 is 0 Å². The SMILES string of the molecule is CC(C)NC(=O)C(=O)N1CCN(c2nccn3c(C4CC4)nnc23)CC1. The molecular weight excluding hydrogens is 334 g/mol. The number of amides is 2. The molecule has 0 spiro atoms. The summed E-state index contributed by atoms with van der Waals surface area (Å²) < 4.78 is 2.02. The highest BCUT2D eigenvalue weighted by Gasteiger charge is 2.31. The number of rotatable bonds is 3. The van der Waals surface area contributed by atoms with E-state index in [1.165, 1.54) is 0 Å². The summed E-state index contributed by atoms with van der Waals surface area (Å²) in [5, 5.41) is 11.3. The summed E-state index contributed by atoms with van der Waals surface area (Å²) in [7, 11) is 0. The van der Waals surface area contributed by atoms with E-state index in [0.29, 0.717) is 32.1 Å². The first kappa shape index (κ1) is 16.7. The highest BCUT2D eigenvalue weighted by Crippen LogP contribution is 2.39. The van der Waals surface area contributed by atoms with Gasteiger partial charge in [-0.1, -0.05) is 0 Å². The topological polar surface area (TPSA) is 95.7 Å². The van der Waals surface area contributed by atoms with Crippen molar-refractivity contribution >= 4 is 23.3 Å². The van der Waals surface area contributed by atoms with Gasteiger partial charge in [0.25, 0.3) is 0 Å². The Morgan fingerprint density at radius 2 is 1.88 bits per heavy atom. The van der Waals surface area contributed by atoms with E-state index in [1.54, 1.807) is 11.1 Å². The maximum atomic E-state index is 12.2. The maximum absolute atomic E-state index is 12.2. The van der Waals surface area contributed by atoms with Gasteiger partial charge < -0.3 is 15.1 Å². The summed E-state index contributed by atoms with van der Waals surface area (Å²) in [5.74, 6) is 1.28. The number of hydrogen-bond donors (Lipinski definition) is 1. The van der Waals surface area contributed by atoms with Crippen molar-refractivity contribution in [1.82, 2.24) is 29.8 Å². The zero-order chi connectivity index (χ0) is 18.3. The molecule has 26 heavy (non-hydrogen) atoms. The number of carbonyl (C=O) groups excluding carboxylic acids is 2. The van der Waals surface area contributed by atoms with Crippen molar-refractivity contribution in [3.63, 3.8) is 0 Å². The van der Waals surface area contributed by atoms with E-state index in [1.807, 2.05) is 24.4 Å². The van der Waals surface area contributed by atoms with Gasteiger partial charge in [-0.3, -0.25) is 14.0 Å². The lowest BCUT2D eigenvalue weighted by molar-refractivity contribution is -0.146. The van der Waals surface area contributed by atoms with Gasteiger partial charge in [-0.25, -0.2) is 4.98 Å². The number of aromatic nitrogens is 4. The summed E-state index contributed by atoms with van der Waals surface area (Å²) in [6.07, 6.45) is 6.00. The molecule has 2 amide bonds. The number of anilines is 1. The zero-order valence-corrected chi connectivity index (χ0v) is 15.1. The van der Waals surface area contributed by atoms with Crippen LogP contribution < -0.4 is 10.2 Å². The molecular formula is C17H23N7O2. The van der Waals surface area contributed by atoms with Gasteiger partial charge in [0.15, 0.2) is 5.82 Å². The van der Waals surface area contributed by atoms with Crippen LogP contribution in [0.15, 0.2) is 12.4 Å². The normalized spacial score (nSPS) is 17.8. The quantitative estimate of drug-likeness (QED) is 0.787. The van der Waals surface area contributed by atoms with E-state index in [2.05, 4.69) is 25.4 Å². The Balaban J connectivity index is 1.46. The van der Waals surface area contributed by atoms with Crippen molar-refractivity contribution in [3.05, 3.63) is 18.2 Å². The lowest BCUT2D eigenvalue weighted by Crippen LogP contribution is -2.53. The second kappa shape index (κ2) is 6.54. The molecule has 9 nitrogen and oxygen atoms in total. The van der Waals surface area contributed by atoms with Crippen molar-refractivity contribution in [1.29, 1.82) is 0 Å². The van der Waals surface area contributed by atoms with Gasteiger partial charge in [0.1, 0.15) is 5.82 Å². The second-order valence-corrected chi connectivity index (χ2v) is 7.18. The van der Waals surface area contributed by atoms with Gasteiger partial charge in [-0.2, -0.15) is 0 Å². The highest BCUT2D eigenvalue weighted by atomic mass is 16.2. The first-order valence-electron chi connectivity index (χ1n) is 9.09. The summed E-state index contributed by atoms with van der Waals surface area (Å²) in [6, 6.07) is -0.0526. The first-order valence-corrected chi connectivity index (χ1v) is 9.09. The summed E-state index contributed by atoms with van der Waals surface area (Å²) in [6.45, 7) is 5.86. The van der Waals surface area contributed by atoms with Crippen LogP contribution in [0, 0.1) is 0 Å². The minimum absolute atomic E-state index is 0.0526. The molecule has 2 aliphatic rings. The number of piperazine rings is 1. The number of fused-ring (bicyclic) bond motifs is 1. The van der Waals surface area contributed by atoms with Gasteiger partial charge in [0.05, 0.1) is 0 Å². The molecule has 0 atom stereocenters. The van der Waals surface area contributed by atoms with Crippen LogP contribution in [0.1, 0.15) is 38.4 Å². The van der Waals surface area contributed by atoms with Crippen LogP contribution in [-0.4, -0.2) is 68.5 Å². The molecule has 1 N–H and O–H groups in total. The lowest BCUT2D eigenvalue weighted by atomic mass is 10.3. The summed E-state index contributed by atoms with van der Waals surface area (Å²) in [4.78, 5) is 32.3. The largest absolute Gasteiger partial charge is 0.350 e. The molecule has 0 unspecified atom stereocenters. The van der Waals surface area contributed by atoms with E-state index in [-0.39, 0.29) is 6.04 Å². The molecule has 9 heteroatoms. The Morgan fingerprint density at radius 3 is 2.54 bits per heavy atom. The molecule has 4 rings (SSSR count). The van der Waals surface area contributed by atoms with Gasteiger partial charge in [-0.15, -0.1) is 10.2 Å². The third kappa shape index (κ3) is 3.09. The summed E-state index contributed by atoms with van der Waals surface area (Å²) in [5.41, 5.74) is 0.756. The number of nitrogens with one attached hydrogen (secondary N) is 1. The molecule has 0 radical (unpaired) electrons. The van der Waals surface area contributed by atoms with Gasteiger partial charge in [0, 0.05) is 50.5 Å². The van der Waals surface area contributed by atoms with E-state index in [9.17, 15) is 9.59 Å². The summed E-state index contributed by atoms with van der Waals surface area (Å²) >= 11 is 0. The molecule has 2 aromatic heterocycles. The monoisotopic (exact) mass is 357 g/mol. The zero-order valence-electron chi connectivity index (χ0n) is 15.1. The molecule has 1 saturated heterocycles. The molecule has 0 bridgehead atoms. The lowest BCUT2D eigenvalue weighted by Gasteiger charge is -2.35. The van der Waals surface area contributed by atoms with Crippen molar-refractivity contribution in [2.75, 3.05) is 31.1 Å². The average Bonchev–Trinajstić information content (AvgIpc) is 3.39. The van der Waals surface area contributed by atoms with Gasteiger partial charge >= 0.3 is 11.8 Å². The standard InChI is InChI=1S/C17H23N7O2/c1-11(2)19-16(25)17(26)23-9-7-22(8-10-23)14-15-21-20-13(12-3-4-12)24(15)6-5-18-14/h5-6,11-12H,3-4,7-10H2,1-2H3,(H,19,25).